The van der Waals surface area contributed by atoms with Crippen molar-refractivity contribution >= 4 is 11.9 Å². The zero-order valence-corrected chi connectivity index (χ0v) is 38.8. The second-order valence-electron chi connectivity index (χ2n) is 17.5. The first kappa shape index (κ1) is 56.3. The number of allylic oxidation sites excluding steroid dienone is 4. The maximum atomic E-state index is 12.4. The van der Waals surface area contributed by atoms with Crippen LogP contribution in [0.15, 0.2) is 24.3 Å². The number of aliphatic hydroxyl groups is 2. The molecular weight excluding hydrogens is 719 g/mol. The molecule has 6 heteroatoms. The molecule has 0 aliphatic rings. The lowest BCUT2D eigenvalue weighted by Gasteiger charge is -2.22. The van der Waals surface area contributed by atoms with E-state index in [0.717, 1.165) is 57.8 Å². The first-order valence-electron chi connectivity index (χ1n) is 25.6. The number of hydrogen-bond acceptors (Lipinski definition) is 5. The van der Waals surface area contributed by atoms with Crippen molar-refractivity contribution in [3.8, 4) is 0 Å². The first-order valence-corrected chi connectivity index (χ1v) is 25.6. The van der Waals surface area contributed by atoms with E-state index in [2.05, 4.69) is 43.5 Å². The summed E-state index contributed by atoms with van der Waals surface area (Å²) < 4.78 is 5.46. The second-order valence-corrected chi connectivity index (χ2v) is 17.5. The van der Waals surface area contributed by atoms with Gasteiger partial charge in [0, 0.05) is 12.8 Å². The SMILES string of the molecule is CCCCCC/C=C\C/C=C\CCCCCCCC(=O)OCCCCCCCCCCCCCCCCCC(=O)NC(CO)C(O)CCCCCCCCCCCC. The number of hydrogen-bond donors (Lipinski definition) is 3. The predicted molar refractivity (Wildman–Crippen MR) is 250 cm³/mol. The van der Waals surface area contributed by atoms with Crippen molar-refractivity contribution in [3.05, 3.63) is 24.3 Å². The van der Waals surface area contributed by atoms with Crippen LogP contribution in [0.3, 0.4) is 0 Å². The minimum atomic E-state index is -0.668. The average Bonchev–Trinajstić information content (AvgIpc) is 3.22. The third-order valence-electron chi connectivity index (χ3n) is 11.8. The van der Waals surface area contributed by atoms with Crippen molar-refractivity contribution in [2.45, 2.75) is 283 Å². The van der Waals surface area contributed by atoms with Gasteiger partial charge < -0.3 is 20.3 Å². The third-order valence-corrected chi connectivity index (χ3v) is 11.8. The summed E-state index contributed by atoms with van der Waals surface area (Å²) in [6.07, 6.45) is 55.7. The molecule has 0 saturated carbocycles. The summed E-state index contributed by atoms with van der Waals surface area (Å²) in [5.41, 5.74) is 0. The van der Waals surface area contributed by atoms with Gasteiger partial charge in [0.2, 0.25) is 5.91 Å². The molecule has 342 valence electrons. The number of esters is 1. The van der Waals surface area contributed by atoms with Crippen LogP contribution in [0, 0.1) is 0 Å². The van der Waals surface area contributed by atoms with E-state index in [1.165, 1.54) is 180 Å². The fraction of sp³-hybridized carbons (Fsp3) is 0.885. The van der Waals surface area contributed by atoms with Crippen molar-refractivity contribution < 1.29 is 24.5 Å². The molecule has 58 heavy (non-hydrogen) atoms. The zero-order valence-electron chi connectivity index (χ0n) is 38.8. The van der Waals surface area contributed by atoms with E-state index < -0.39 is 12.1 Å². The summed E-state index contributed by atoms with van der Waals surface area (Å²) in [7, 11) is 0. The monoisotopic (exact) mass is 818 g/mol. The summed E-state index contributed by atoms with van der Waals surface area (Å²) in [6, 6.07) is -0.546. The lowest BCUT2D eigenvalue weighted by atomic mass is 10.0. The molecule has 0 bridgehead atoms. The van der Waals surface area contributed by atoms with Crippen LogP contribution < -0.4 is 5.32 Å². The third kappa shape index (κ3) is 43.9. The Bertz CT molecular complexity index is 904. The highest BCUT2D eigenvalue weighted by Gasteiger charge is 2.20. The van der Waals surface area contributed by atoms with Crippen molar-refractivity contribution in [2.24, 2.45) is 0 Å². The lowest BCUT2D eigenvalue weighted by molar-refractivity contribution is -0.143. The second kappa shape index (κ2) is 48.0. The summed E-state index contributed by atoms with van der Waals surface area (Å²) in [6.45, 7) is 4.89. The van der Waals surface area contributed by atoms with Crippen molar-refractivity contribution in [1.82, 2.24) is 5.32 Å². The Balaban J connectivity index is 3.42. The molecule has 0 aliphatic heterocycles. The van der Waals surface area contributed by atoms with Gasteiger partial charge in [-0.1, -0.05) is 224 Å². The fourth-order valence-electron chi connectivity index (χ4n) is 7.79. The van der Waals surface area contributed by atoms with Gasteiger partial charge in [0.15, 0.2) is 0 Å². The Kier molecular flexibility index (Phi) is 46.6. The minimum absolute atomic E-state index is 0.0132. The maximum Gasteiger partial charge on any atom is 0.305 e. The molecule has 0 spiro atoms. The number of amides is 1. The number of carbonyl (C=O) groups excluding carboxylic acids is 2. The number of unbranched alkanes of at least 4 members (excludes halogenated alkanes) is 32. The summed E-state index contributed by atoms with van der Waals surface area (Å²) in [5, 5.41) is 23.1. The Morgan fingerprint density at radius 1 is 0.483 bits per heavy atom. The van der Waals surface area contributed by atoms with Crippen molar-refractivity contribution in [3.63, 3.8) is 0 Å². The molecule has 0 radical (unpaired) electrons. The van der Waals surface area contributed by atoms with E-state index in [4.69, 9.17) is 4.74 Å². The van der Waals surface area contributed by atoms with Crippen LogP contribution in [0.5, 0.6) is 0 Å². The summed E-state index contributed by atoms with van der Waals surface area (Å²) in [4.78, 5) is 24.4. The number of carbonyl (C=O) groups is 2. The molecule has 6 nitrogen and oxygen atoms in total. The molecule has 3 N–H and O–H groups in total. The average molecular weight is 818 g/mol. The number of nitrogens with one attached hydrogen (secondary N) is 1. The van der Waals surface area contributed by atoms with E-state index in [9.17, 15) is 19.8 Å². The van der Waals surface area contributed by atoms with E-state index in [1.54, 1.807) is 0 Å². The quantitative estimate of drug-likeness (QED) is 0.0323. The lowest BCUT2D eigenvalue weighted by Crippen LogP contribution is -2.45. The van der Waals surface area contributed by atoms with Gasteiger partial charge in [-0.3, -0.25) is 9.59 Å². The van der Waals surface area contributed by atoms with Gasteiger partial charge in [-0.2, -0.15) is 0 Å². The van der Waals surface area contributed by atoms with E-state index >= 15 is 0 Å². The van der Waals surface area contributed by atoms with Gasteiger partial charge in [-0.25, -0.2) is 0 Å². The molecule has 0 saturated heterocycles. The molecule has 1 amide bonds. The number of rotatable bonds is 47. The molecule has 0 heterocycles. The molecule has 0 aromatic rings. The fourth-order valence-corrected chi connectivity index (χ4v) is 7.79. The van der Waals surface area contributed by atoms with Crippen molar-refractivity contribution in [2.75, 3.05) is 13.2 Å². The highest BCUT2D eigenvalue weighted by atomic mass is 16.5. The maximum absolute atomic E-state index is 12.4. The normalized spacial score (nSPS) is 12.8. The Morgan fingerprint density at radius 3 is 1.33 bits per heavy atom. The van der Waals surface area contributed by atoms with Crippen LogP contribution in [-0.4, -0.2) is 47.4 Å². The van der Waals surface area contributed by atoms with E-state index in [0.29, 0.717) is 25.9 Å². The van der Waals surface area contributed by atoms with Gasteiger partial charge in [-0.05, 0) is 57.8 Å². The smallest absolute Gasteiger partial charge is 0.305 e. The van der Waals surface area contributed by atoms with E-state index in [1.807, 2.05) is 0 Å². The predicted octanol–water partition coefficient (Wildman–Crippen LogP) is 15.1. The number of ether oxygens (including phenoxy) is 1. The molecular formula is C52H99NO5. The van der Waals surface area contributed by atoms with Gasteiger partial charge >= 0.3 is 5.97 Å². The van der Waals surface area contributed by atoms with Crippen LogP contribution in [0.4, 0.5) is 0 Å². The van der Waals surface area contributed by atoms with Gasteiger partial charge in [0.25, 0.3) is 0 Å². The number of aliphatic hydroxyl groups excluding tert-OH is 2. The van der Waals surface area contributed by atoms with Gasteiger partial charge in [0.1, 0.15) is 0 Å². The zero-order chi connectivity index (χ0) is 42.3. The molecule has 0 rings (SSSR count). The summed E-state index contributed by atoms with van der Waals surface area (Å²) >= 11 is 0. The largest absolute Gasteiger partial charge is 0.466 e. The van der Waals surface area contributed by atoms with Crippen LogP contribution in [0.1, 0.15) is 271 Å². The van der Waals surface area contributed by atoms with Crippen molar-refractivity contribution in [1.29, 1.82) is 0 Å². The molecule has 0 aromatic heterocycles. The Hall–Kier alpha value is -1.66. The Morgan fingerprint density at radius 2 is 0.862 bits per heavy atom. The topological polar surface area (TPSA) is 95.9 Å². The highest BCUT2D eigenvalue weighted by molar-refractivity contribution is 5.76. The van der Waals surface area contributed by atoms with Gasteiger partial charge in [-0.15, -0.1) is 0 Å². The van der Waals surface area contributed by atoms with Crippen LogP contribution in [-0.2, 0) is 14.3 Å². The molecule has 0 fully saturated rings. The van der Waals surface area contributed by atoms with Crippen LogP contribution in [0.2, 0.25) is 0 Å². The molecule has 2 unspecified atom stereocenters. The Labute approximate surface area is 361 Å². The molecule has 0 aromatic carbocycles. The first-order chi connectivity index (χ1) is 28.5. The van der Waals surface area contributed by atoms with Crippen LogP contribution >= 0.6 is 0 Å². The molecule has 0 aliphatic carbocycles. The summed E-state index contributed by atoms with van der Waals surface area (Å²) in [5.74, 6) is -0.0592. The minimum Gasteiger partial charge on any atom is -0.466 e. The standard InChI is InChI=1S/C52H99NO5/c1-3-5-7-9-11-13-15-16-17-20-23-26-30-34-38-42-46-52(57)58-47-43-39-35-31-27-24-21-18-19-22-25-29-33-37-41-45-51(56)53-49(48-54)50(55)44-40-36-32-28-14-12-10-8-6-4-2/h13,15,17,20,49-50,54-55H,3-12,14,16,18-19,21-48H2,1-2H3,(H,53,56)/b15-13-,20-17-. The van der Waals surface area contributed by atoms with Gasteiger partial charge in [0.05, 0.1) is 25.4 Å². The van der Waals surface area contributed by atoms with E-state index in [-0.39, 0.29) is 18.5 Å². The molecule has 2 atom stereocenters. The van der Waals surface area contributed by atoms with Crippen LogP contribution in [0.25, 0.3) is 0 Å². The highest BCUT2D eigenvalue weighted by Crippen LogP contribution is 2.16.